The molecule has 144 valence electrons. The van der Waals surface area contributed by atoms with Crippen molar-refractivity contribution in [1.29, 1.82) is 0 Å². The Morgan fingerprint density at radius 1 is 1.25 bits per heavy atom. The minimum absolute atomic E-state index is 0.0400. The summed E-state index contributed by atoms with van der Waals surface area (Å²) < 4.78 is 0. The average molecular weight is 415 g/mol. The van der Waals surface area contributed by atoms with Crippen molar-refractivity contribution < 1.29 is 9.59 Å². The van der Waals surface area contributed by atoms with E-state index in [0.29, 0.717) is 35.1 Å². The third kappa shape index (κ3) is 3.53. The Morgan fingerprint density at radius 3 is 2.75 bits per heavy atom. The lowest BCUT2D eigenvalue weighted by Gasteiger charge is -2.33. The summed E-state index contributed by atoms with van der Waals surface area (Å²) in [6, 6.07) is 7.00. The van der Waals surface area contributed by atoms with E-state index in [1.54, 1.807) is 42.5 Å². The molecule has 0 spiro atoms. The highest BCUT2D eigenvalue weighted by atomic mass is 35.5. The van der Waals surface area contributed by atoms with Gasteiger partial charge in [0.2, 0.25) is 11.0 Å². The lowest BCUT2D eigenvalue weighted by Crippen LogP contribution is -2.47. The number of piperazine rings is 1. The maximum absolute atomic E-state index is 13.0. The van der Waals surface area contributed by atoms with Gasteiger partial charge in [0.1, 0.15) is 0 Å². The third-order valence-corrected chi connectivity index (χ3v) is 5.61. The van der Waals surface area contributed by atoms with Gasteiger partial charge in [-0.05, 0) is 49.6 Å². The van der Waals surface area contributed by atoms with Crippen molar-refractivity contribution in [3.63, 3.8) is 0 Å². The van der Waals surface area contributed by atoms with Crippen molar-refractivity contribution in [2.75, 3.05) is 38.1 Å². The van der Waals surface area contributed by atoms with Crippen molar-refractivity contribution in [3.8, 4) is 0 Å². The SMILES string of the molecule is CN1CCN(C(=O)c2cccc(N3C(=O)C4C=CC(Cl)=CC4=NC3=S)c2)CC1. The van der Waals surface area contributed by atoms with Crippen LogP contribution in [0, 0.1) is 5.92 Å². The van der Waals surface area contributed by atoms with Gasteiger partial charge in [-0.1, -0.05) is 23.7 Å². The van der Waals surface area contributed by atoms with E-state index in [9.17, 15) is 9.59 Å². The zero-order valence-electron chi connectivity index (χ0n) is 15.3. The first-order valence-corrected chi connectivity index (χ1v) is 9.82. The highest BCUT2D eigenvalue weighted by molar-refractivity contribution is 7.80. The Kier molecular flexibility index (Phi) is 5.14. The summed E-state index contributed by atoms with van der Waals surface area (Å²) >= 11 is 11.4. The van der Waals surface area contributed by atoms with Crippen LogP contribution in [-0.2, 0) is 4.79 Å². The highest BCUT2D eigenvalue weighted by Crippen LogP contribution is 2.28. The maximum Gasteiger partial charge on any atom is 0.254 e. The van der Waals surface area contributed by atoms with Crippen molar-refractivity contribution >= 4 is 52.1 Å². The molecule has 8 heteroatoms. The fourth-order valence-electron chi connectivity index (χ4n) is 3.48. The third-order valence-electron chi connectivity index (χ3n) is 5.10. The van der Waals surface area contributed by atoms with Crippen LogP contribution in [0.5, 0.6) is 0 Å². The van der Waals surface area contributed by atoms with Crippen molar-refractivity contribution in [1.82, 2.24) is 9.80 Å². The van der Waals surface area contributed by atoms with Gasteiger partial charge < -0.3 is 9.80 Å². The van der Waals surface area contributed by atoms with Gasteiger partial charge in [-0.3, -0.25) is 14.5 Å². The van der Waals surface area contributed by atoms with E-state index in [1.807, 2.05) is 11.9 Å². The fourth-order valence-corrected chi connectivity index (χ4v) is 3.96. The van der Waals surface area contributed by atoms with Gasteiger partial charge in [-0.25, -0.2) is 4.99 Å². The van der Waals surface area contributed by atoms with Crippen LogP contribution in [0.25, 0.3) is 0 Å². The Bertz CT molecular complexity index is 947. The van der Waals surface area contributed by atoms with E-state index in [-0.39, 0.29) is 16.9 Å². The molecule has 1 unspecified atom stereocenters. The number of thiocarbonyl (C=S) groups is 1. The summed E-state index contributed by atoms with van der Waals surface area (Å²) in [5.74, 6) is -0.760. The summed E-state index contributed by atoms with van der Waals surface area (Å²) in [6.07, 6.45) is 5.06. The highest BCUT2D eigenvalue weighted by Gasteiger charge is 2.35. The van der Waals surface area contributed by atoms with Crippen LogP contribution in [-0.4, -0.2) is 65.7 Å². The van der Waals surface area contributed by atoms with Gasteiger partial charge in [0.15, 0.2) is 0 Å². The lowest BCUT2D eigenvalue weighted by molar-refractivity contribution is -0.118. The molecule has 1 aliphatic carbocycles. The molecule has 1 fully saturated rings. The van der Waals surface area contributed by atoms with E-state index in [1.165, 1.54) is 4.90 Å². The Morgan fingerprint density at radius 2 is 2.00 bits per heavy atom. The molecule has 4 rings (SSSR count). The number of likely N-dealkylation sites (N-methyl/N-ethyl adjacent to an activating group) is 1. The molecule has 1 aromatic carbocycles. The number of nitrogens with zero attached hydrogens (tertiary/aromatic N) is 4. The summed E-state index contributed by atoms with van der Waals surface area (Å²) in [7, 11) is 2.04. The molecule has 1 saturated heterocycles. The second kappa shape index (κ2) is 7.58. The molecular formula is C20H19ClN4O2S. The molecule has 3 aliphatic rings. The van der Waals surface area contributed by atoms with Crippen molar-refractivity contribution in [2.24, 2.45) is 10.9 Å². The first-order valence-electron chi connectivity index (χ1n) is 9.04. The first-order chi connectivity index (χ1) is 13.4. The molecule has 0 saturated carbocycles. The average Bonchev–Trinajstić information content (AvgIpc) is 2.68. The quantitative estimate of drug-likeness (QED) is 0.697. The number of allylic oxidation sites excluding steroid dienone is 3. The molecule has 1 aromatic rings. The van der Waals surface area contributed by atoms with Crippen LogP contribution >= 0.6 is 23.8 Å². The zero-order valence-corrected chi connectivity index (χ0v) is 16.9. The van der Waals surface area contributed by atoms with Gasteiger partial charge in [0, 0.05) is 36.8 Å². The predicted octanol–water partition coefficient (Wildman–Crippen LogP) is 2.46. The number of amides is 2. The normalized spacial score (nSPS) is 22.7. The molecule has 6 nitrogen and oxygen atoms in total. The van der Waals surface area contributed by atoms with Gasteiger partial charge in [-0.15, -0.1) is 0 Å². The minimum atomic E-state index is -0.522. The zero-order chi connectivity index (χ0) is 19.8. The Balaban J connectivity index is 1.61. The molecule has 0 bridgehead atoms. The van der Waals surface area contributed by atoms with Crippen molar-refractivity contribution in [3.05, 3.63) is 53.1 Å². The predicted molar refractivity (Wildman–Crippen MR) is 114 cm³/mol. The number of hydrogen-bond acceptors (Lipinski definition) is 4. The molecule has 0 N–H and O–H groups in total. The van der Waals surface area contributed by atoms with E-state index < -0.39 is 5.92 Å². The van der Waals surface area contributed by atoms with Gasteiger partial charge in [-0.2, -0.15) is 0 Å². The number of aliphatic imine (C=N–C) groups is 1. The molecule has 2 aliphatic heterocycles. The van der Waals surface area contributed by atoms with Crippen LogP contribution in [0.15, 0.2) is 52.5 Å². The van der Waals surface area contributed by atoms with E-state index in [4.69, 9.17) is 23.8 Å². The van der Waals surface area contributed by atoms with Crippen LogP contribution in [0.4, 0.5) is 5.69 Å². The Labute approximate surface area is 173 Å². The van der Waals surface area contributed by atoms with Crippen LogP contribution < -0.4 is 4.90 Å². The van der Waals surface area contributed by atoms with Crippen LogP contribution in [0.3, 0.4) is 0 Å². The van der Waals surface area contributed by atoms with Crippen LogP contribution in [0.1, 0.15) is 10.4 Å². The van der Waals surface area contributed by atoms with E-state index in [0.717, 1.165) is 13.1 Å². The summed E-state index contributed by atoms with van der Waals surface area (Å²) in [5.41, 5.74) is 1.63. The second-order valence-corrected chi connectivity index (χ2v) is 7.81. The molecule has 2 amide bonds. The maximum atomic E-state index is 13.0. The number of benzene rings is 1. The number of anilines is 1. The molecule has 2 heterocycles. The number of hydrogen-bond donors (Lipinski definition) is 0. The van der Waals surface area contributed by atoms with Gasteiger partial charge >= 0.3 is 0 Å². The topological polar surface area (TPSA) is 56.2 Å². The number of halogens is 1. The summed E-state index contributed by atoms with van der Waals surface area (Å²) in [5, 5.41) is 0.662. The molecule has 0 radical (unpaired) electrons. The van der Waals surface area contributed by atoms with E-state index in [2.05, 4.69) is 9.89 Å². The largest absolute Gasteiger partial charge is 0.336 e. The van der Waals surface area contributed by atoms with Gasteiger partial charge in [0.25, 0.3) is 5.91 Å². The number of fused-ring (bicyclic) bond motifs is 1. The fraction of sp³-hybridized carbons (Fsp3) is 0.300. The number of carbonyl (C=O) groups excluding carboxylic acids is 2. The number of carbonyl (C=O) groups is 2. The summed E-state index contributed by atoms with van der Waals surface area (Å²) in [4.78, 5) is 35.7. The smallest absolute Gasteiger partial charge is 0.254 e. The summed E-state index contributed by atoms with van der Waals surface area (Å²) in [6.45, 7) is 3.08. The van der Waals surface area contributed by atoms with Gasteiger partial charge in [0.05, 0.1) is 17.3 Å². The number of rotatable bonds is 2. The van der Waals surface area contributed by atoms with E-state index >= 15 is 0 Å². The molecule has 28 heavy (non-hydrogen) atoms. The second-order valence-electron chi connectivity index (χ2n) is 7.00. The van der Waals surface area contributed by atoms with Crippen molar-refractivity contribution in [2.45, 2.75) is 0 Å². The van der Waals surface area contributed by atoms with Crippen LogP contribution in [0.2, 0.25) is 0 Å². The first kappa shape index (κ1) is 19.0. The standard InChI is InChI=1S/C20H19ClN4O2S/c1-23-7-9-24(10-8-23)18(26)13-3-2-4-15(11-13)25-19(27)16-6-5-14(21)12-17(16)22-20(25)28/h2-6,11-12,16H,7-10H2,1H3. The molecule has 1 atom stereocenters. The minimum Gasteiger partial charge on any atom is -0.336 e. The monoisotopic (exact) mass is 414 g/mol. The lowest BCUT2D eigenvalue weighted by atomic mass is 9.95. The molecular weight excluding hydrogens is 396 g/mol. The molecule has 0 aromatic heterocycles. The Hall–Kier alpha value is -2.35.